The molecule has 14 heavy (non-hydrogen) atoms. The summed E-state index contributed by atoms with van der Waals surface area (Å²) in [4.78, 5) is 25.6. The van der Waals surface area contributed by atoms with Crippen LogP contribution in [0.2, 0.25) is 0 Å². The molecule has 0 bridgehead atoms. The van der Waals surface area contributed by atoms with Gasteiger partial charge in [-0.1, -0.05) is 0 Å². The molecule has 0 aromatic carbocycles. The smallest absolute Gasteiger partial charge is 0.565 e. The summed E-state index contributed by atoms with van der Waals surface area (Å²) in [6.45, 7) is 0. The van der Waals surface area contributed by atoms with Crippen LogP contribution >= 0.6 is 13.5 Å². The second-order valence-corrected chi connectivity index (χ2v) is 0.831. The van der Waals surface area contributed by atoms with Crippen molar-refractivity contribution in [1.82, 2.24) is 0 Å². The molecular weight excluding hydrogens is 235 g/mol. The number of hydrogen-bond acceptors (Lipinski definition) is 4. The predicted molar refractivity (Wildman–Crippen MR) is 39.7 cm³/mol. The molecule has 11 heteroatoms. The van der Waals surface area contributed by atoms with E-state index in [0.29, 0.717) is 0 Å². The van der Waals surface area contributed by atoms with Gasteiger partial charge in [0.1, 0.15) is 0 Å². The molecule has 0 fully saturated rings. The molecule has 5 N–H and O–H groups in total. The van der Waals surface area contributed by atoms with Gasteiger partial charge in [-0.2, -0.15) is 13.5 Å². The van der Waals surface area contributed by atoms with E-state index in [4.69, 9.17) is 45.0 Å². The van der Waals surface area contributed by atoms with Crippen molar-refractivity contribution in [2.24, 2.45) is 0 Å². The molecule has 0 atom stereocenters. The maximum Gasteiger partial charge on any atom is 1.00 e. The van der Waals surface area contributed by atoms with Crippen LogP contribution in [0.3, 0.4) is 0 Å². The minimum Gasteiger partial charge on any atom is -0.565 e. The van der Waals surface area contributed by atoms with Crippen LogP contribution in [0.15, 0.2) is 0 Å². The quantitative estimate of drug-likeness (QED) is 0.269. The van der Waals surface area contributed by atoms with Crippen LogP contribution in [-0.4, -0.2) is 44.0 Å². The van der Waals surface area contributed by atoms with Gasteiger partial charge in [0.05, 0.1) is 0 Å². The molecule has 0 amide bonds. The van der Waals surface area contributed by atoms with Gasteiger partial charge in [-0.05, 0) is 0 Å². The largest absolute Gasteiger partial charge is 1.00 e. The summed E-state index contributed by atoms with van der Waals surface area (Å²) in [5.74, 6) is 0. The van der Waals surface area contributed by atoms with Crippen LogP contribution in [0.5, 0.6) is 0 Å². The predicted octanol–water partition coefficient (Wildman–Crippen LogP) is -3.55. The van der Waals surface area contributed by atoms with Gasteiger partial charge in [0.2, 0.25) is 6.16 Å². The second-order valence-electron chi connectivity index (χ2n) is 0.831. The number of rotatable bonds is 0. The normalized spacial score (nSPS) is 5.14. The zero-order valence-corrected chi connectivity index (χ0v) is 9.87. The summed E-state index contributed by atoms with van der Waals surface area (Å²) >= 11 is 0. The molecule has 0 spiro atoms. The molecule has 0 aliphatic rings. The molecule has 0 aliphatic carbocycles. The van der Waals surface area contributed by atoms with Crippen molar-refractivity contribution in [3.63, 3.8) is 0 Å². The zero-order valence-electron chi connectivity index (χ0n) is 6.87. The van der Waals surface area contributed by atoms with E-state index < -0.39 is 18.5 Å². The van der Waals surface area contributed by atoms with E-state index in [2.05, 4.69) is 0 Å². The summed E-state index contributed by atoms with van der Waals surface area (Å²) in [6.07, 6.45) is -5.75. The van der Waals surface area contributed by atoms with E-state index in [9.17, 15) is 0 Å². The minimum atomic E-state index is -2.08. The zero-order chi connectivity index (χ0) is 10.7. The van der Waals surface area contributed by atoms with Crippen LogP contribution in [0.4, 0.5) is 14.4 Å². The topological polar surface area (TPSA) is 175 Å². The SMILES string of the molecule is O=C(O)O.O=C(O)O.O=C([O-])O.S.[Na+]. The van der Waals surface area contributed by atoms with E-state index in [1.165, 1.54) is 0 Å². The standard InChI is InChI=1S/3CH2O3.Na.H2S/c3*2-1(3)4;;/h3*(H2,2,3,4);;1H2/q;;;+1;/p-1. The van der Waals surface area contributed by atoms with Gasteiger partial charge in [0.15, 0.2) is 0 Å². The molecule has 80 valence electrons. The van der Waals surface area contributed by atoms with E-state index in [0.717, 1.165) is 0 Å². The van der Waals surface area contributed by atoms with Crippen molar-refractivity contribution in [2.75, 3.05) is 0 Å². The maximum absolute atomic E-state index is 8.56. The van der Waals surface area contributed by atoms with Crippen LogP contribution < -0.4 is 34.7 Å². The minimum absolute atomic E-state index is 0. The Morgan fingerprint density at radius 1 is 0.786 bits per heavy atom. The van der Waals surface area contributed by atoms with Gasteiger partial charge in [0, 0.05) is 0 Å². The number of carboxylic acid groups (broad SMARTS) is 6. The summed E-state index contributed by atoms with van der Waals surface area (Å²) in [5.41, 5.74) is 0. The Bertz CT molecular complexity index is 118. The fraction of sp³-hybridized carbons (Fsp3) is 0. The first kappa shape index (κ1) is 29.2. The maximum atomic E-state index is 8.56. The number of carbonyl (C=O) groups is 3. The van der Waals surface area contributed by atoms with Crippen molar-refractivity contribution in [2.45, 2.75) is 0 Å². The van der Waals surface area contributed by atoms with Crippen molar-refractivity contribution in [3.05, 3.63) is 0 Å². The Labute approximate surface area is 106 Å². The van der Waals surface area contributed by atoms with E-state index in [-0.39, 0.29) is 43.1 Å². The summed E-state index contributed by atoms with van der Waals surface area (Å²) in [6, 6.07) is 0. The Hall–Kier alpha value is -0.840. The van der Waals surface area contributed by atoms with Gasteiger partial charge in [-0.25, -0.2) is 9.59 Å². The molecule has 0 unspecified atom stereocenters. The average molecular weight is 242 g/mol. The van der Waals surface area contributed by atoms with Gasteiger partial charge in [-0.15, -0.1) is 0 Å². The van der Waals surface area contributed by atoms with Gasteiger partial charge >= 0.3 is 41.9 Å². The molecule has 0 saturated carbocycles. The molecule has 0 heterocycles. The summed E-state index contributed by atoms with van der Waals surface area (Å²) < 4.78 is 0. The Morgan fingerprint density at radius 3 is 0.786 bits per heavy atom. The van der Waals surface area contributed by atoms with Crippen LogP contribution in [0, 0.1) is 0 Å². The van der Waals surface area contributed by atoms with Crippen molar-refractivity contribution < 1.29 is 74.6 Å². The monoisotopic (exact) mass is 242 g/mol. The fourth-order valence-electron chi connectivity index (χ4n) is 0. The second kappa shape index (κ2) is 22.7. The molecule has 0 rings (SSSR count). The van der Waals surface area contributed by atoms with Crippen molar-refractivity contribution in [1.29, 1.82) is 0 Å². The Kier molecular flexibility index (Phi) is 47.5. The van der Waals surface area contributed by atoms with Gasteiger partial charge in [-0.3, -0.25) is 0 Å². The summed E-state index contributed by atoms with van der Waals surface area (Å²) in [5, 5.41) is 43.2. The van der Waals surface area contributed by atoms with Gasteiger partial charge in [0.25, 0.3) is 0 Å². The molecule has 0 aliphatic heterocycles. The van der Waals surface area contributed by atoms with Crippen LogP contribution in [-0.2, 0) is 0 Å². The third kappa shape index (κ3) is 1630. The van der Waals surface area contributed by atoms with Crippen LogP contribution in [0.25, 0.3) is 0 Å². The fourth-order valence-corrected chi connectivity index (χ4v) is 0. The average Bonchev–Trinajstić information content (AvgIpc) is 1.54. The van der Waals surface area contributed by atoms with Gasteiger partial charge < -0.3 is 35.4 Å². The van der Waals surface area contributed by atoms with Crippen molar-refractivity contribution in [3.8, 4) is 0 Å². The van der Waals surface area contributed by atoms with Crippen LogP contribution in [0.1, 0.15) is 0 Å². The van der Waals surface area contributed by atoms with E-state index in [1.54, 1.807) is 0 Å². The first-order valence-electron chi connectivity index (χ1n) is 1.93. The Balaban J connectivity index is -0.0000000270. The summed E-state index contributed by atoms with van der Waals surface area (Å²) in [7, 11) is 0. The molecule has 0 aromatic heterocycles. The third-order valence-corrected chi connectivity index (χ3v) is 0. The first-order valence-corrected chi connectivity index (χ1v) is 1.93. The van der Waals surface area contributed by atoms with Crippen molar-refractivity contribution >= 4 is 32.0 Å². The van der Waals surface area contributed by atoms with E-state index in [1.807, 2.05) is 0 Å². The first-order chi connectivity index (χ1) is 5.20. The molecule has 9 nitrogen and oxygen atoms in total. The Morgan fingerprint density at radius 2 is 0.786 bits per heavy atom. The number of hydrogen-bond donors (Lipinski definition) is 5. The molecular formula is C3H7NaO9S. The molecule has 0 saturated heterocycles. The third-order valence-electron chi connectivity index (χ3n) is 0. The molecule has 0 aromatic rings. The van der Waals surface area contributed by atoms with E-state index >= 15 is 0 Å². The molecule has 0 radical (unpaired) electrons.